The number of carbonyl (C=O) groups excluding carboxylic acids is 1. The van der Waals surface area contributed by atoms with Crippen LogP contribution >= 0.6 is 0 Å². The Morgan fingerprint density at radius 3 is 2.59 bits per heavy atom. The SMILES string of the molecule is CCOC(=O)/C(C)=C/c1ccccc1OCC. The Labute approximate surface area is 102 Å². The van der Waals surface area contributed by atoms with Crippen LogP contribution in [-0.2, 0) is 9.53 Å². The van der Waals surface area contributed by atoms with Gasteiger partial charge in [-0.1, -0.05) is 18.2 Å². The van der Waals surface area contributed by atoms with E-state index in [1.54, 1.807) is 19.9 Å². The van der Waals surface area contributed by atoms with Gasteiger partial charge in [0.1, 0.15) is 5.75 Å². The largest absolute Gasteiger partial charge is 0.493 e. The van der Waals surface area contributed by atoms with E-state index in [1.165, 1.54) is 0 Å². The van der Waals surface area contributed by atoms with E-state index in [1.807, 2.05) is 31.2 Å². The molecule has 0 atom stereocenters. The van der Waals surface area contributed by atoms with Crippen molar-refractivity contribution in [3.8, 4) is 5.75 Å². The first-order chi connectivity index (χ1) is 8.19. The third kappa shape index (κ3) is 3.94. The third-order valence-corrected chi connectivity index (χ3v) is 2.19. The second kappa shape index (κ2) is 6.74. The van der Waals surface area contributed by atoms with Gasteiger partial charge in [0.15, 0.2) is 0 Å². The molecule has 1 aromatic rings. The van der Waals surface area contributed by atoms with Crippen molar-refractivity contribution in [2.75, 3.05) is 13.2 Å². The maximum absolute atomic E-state index is 11.5. The minimum atomic E-state index is -0.293. The van der Waals surface area contributed by atoms with Crippen LogP contribution in [-0.4, -0.2) is 19.2 Å². The summed E-state index contributed by atoms with van der Waals surface area (Å²) in [5.41, 5.74) is 1.46. The van der Waals surface area contributed by atoms with Gasteiger partial charge in [-0.15, -0.1) is 0 Å². The Morgan fingerprint density at radius 1 is 1.24 bits per heavy atom. The Hall–Kier alpha value is -1.77. The van der Waals surface area contributed by atoms with Gasteiger partial charge in [0.2, 0.25) is 0 Å². The highest BCUT2D eigenvalue weighted by Crippen LogP contribution is 2.21. The van der Waals surface area contributed by atoms with Gasteiger partial charge in [-0.3, -0.25) is 0 Å². The van der Waals surface area contributed by atoms with Crippen LogP contribution in [0.5, 0.6) is 5.75 Å². The Kier molecular flexibility index (Phi) is 5.27. The molecule has 1 rings (SSSR count). The number of rotatable bonds is 5. The zero-order chi connectivity index (χ0) is 12.7. The van der Waals surface area contributed by atoms with Crippen molar-refractivity contribution in [2.24, 2.45) is 0 Å². The zero-order valence-corrected chi connectivity index (χ0v) is 10.5. The maximum Gasteiger partial charge on any atom is 0.333 e. The highest BCUT2D eigenvalue weighted by molar-refractivity contribution is 5.93. The van der Waals surface area contributed by atoms with Gasteiger partial charge in [0.05, 0.1) is 13.2 Å². The minimum Gasteiger partial charge on any atom is -0.493 e. The predicted molar refractivity (Wildman–Crippen MR) is 67.9 cm³/mol. The van der Waals surface area contributed by atoms with Crippen molar-refractivity contribution >= 4 is 12.0 Å². The smallest absolute Gasteiger partial charge is 0.333 e. The normalized spacial score (nSPS) is 11.1. The number of benzene rings is 1. The van der Waals surface area contributed by atoms with Gasteiger partial charge in [0.25, 0.3) is 0 Å². The average Bonchev–Trinajstić information content (AvgIpc) is 2.32. The molecule has 3 nitrogen and oxygen atoms in total. The van der Waals surface area contributed by atoms with Gasteiger partial charge in [0, 0.05) is 11.1 Å². The van der Waals surface area contributed by atoms with Crippen molar-refractivity contribution in [3.05, 3.63) is 35.4 Å². The number of carbonyl (C=O) groups is 1. The van der Waals surface area contributed by atoms with Gasteiger partial charge >= 0.3 is 5.97 Å². The maximum atomic E-state index is 11.5. The molecule has 17 heavy (non-hydrogen) atoms. The van der Waals surface area contributed by atoms with E-state index < -0.39 is 0 Å². The molecule has 0 heterocycles. The summed E-state index contributed by atoms with van der Waals surface area (Å²) in [4.78, 5) is 11.5. The van der Waals surface area contributed by atoms with Crippen molar-refractivity contribution in [1.82, 2.24) is 0 Å². The Balaban J connectivity index is 2.92. The Morgan fingerprint density at radius 2 is 1.94 bits per heavy atom. The van der Waals surface area contributed by atoms with Crippen LogP contribution in [0.15, 0.2) is 29.8 Å². The predicted octanol–water partition coefficient (Wildman–Crippen LogP) is 3.05. The molecule has 0 aliphatic heterocycles. The lowest BCUT2D eigenvalue weighted by Crippen LogP contribution is -2.05. The highest BCUT2D eigenvalue weighted by Gasteiger charge is 2.06. The van der Waals surface area contributed by atoms with Crippen molar-refractivity contribution in [1.29, 1.82) is 0 Å². The number of hydrogen-bond donors (Lipinski definition) is 0. The molecule has 0 aromatic heterocycles. The fourth-order valence-electron chi connectivity index (χ4n) is 1.42. The molecule has 0 amide bonds. The molecule has 0 unspecified atom stereocenters. The molecule has 0 N–H and O–H groups in total. The first kappa shape index (κ1) is 13.3. The summed E-state index contributed by atoms with van der Waals surface area (Å²) in [6.07, 6.45) is 1.78. The fourth-order valence-corrected chi connectivity index (χ4v) is 1.42. The highest BCUT2D eigenvalue weighted by atomic mass is 16.5. The van der Waals surface area contributed by atoms with Gasteiger partial charge in [-0.25, -0.2) is 4.79 Å². The van der Waals surface area contributed by atoms with Crippen LogP contribution in [0.1, 0.15) is 26.3 Å². The van der Waals surface area contributed by atoms with E-state index in [2.05, 4.69) is 0 Å². The van der Waals surface area contributed by atoms with Gasteiger partial charge in [-0.05, 0) is 32.9 Å². The van der Waals surface area contributed by atoms with Crippen LogP contribution in [0.3, 0.4) is 0 Å². The zero-order valence-electron chi connectivity index (χ0n) is 10.5. The second-order valence-electron chi connectivity index (χ2n) is 3.52. The molecule has 0 fully saturated rings. The van der Waals surface area contributed by atoms with E-state index in [9.17, 15) is 4.79 Å². The van der Waals surface area contributed by atoms with Crippen molar-refractivity contribution < 1.29 is 14.3 Å². The molecular formula is C14H18O3. The van der Waals surface area contributed by atoms with E-state index in [0.29, 0.717) is 18.8 Å². The number of para-hydroxylation sites is 1. The van der Waals surface area contributed by atoms with Crippen LogP contribution in [0.2, 0.25) is 0 Å². The monoisotopic (exact) mass is 234 g/mol. The first-order valence-electron chi connectivity index (χ1n) is 5.76. The van der Waals surface area contributed by atoms with Crippen molar-refractivity contribution in [2.45, 2.75) is 20.8 Å². The topological polar surface area (TPSA) is 35.5 Å². The van der Waals surface area contributed by atoms with Crippen LogP contribution < -0.4 is 4.74 Å². The van der Waals surface area contributed by atoms with Crippen LogP contribution in [0, 0.1) is 0 Å². The summed E-state index contributed by atoms with van der Waals surface area (Å²) in [5.74, 6) is 0.484. The summed E-state index contributed by atoms with van der Waals surface area (Å²) < 4.78 is 10.4. The fraction of sp³-hybridized carbons (Fsp3) is 0.357. The molecule has 92 valence electrons. The summed E-state index contributed by atoms with van der Waals surface area (Å²) in [7, 11) is 0. The standard InChI is InChI=1S/C14H18O3/c1-4-16-13-9-7-6-8-12(13)10-11(3)14(15)17-5-2/h6-10H,4-5H2,1-3H3/b11-10+. The number of ether oxygens (including phenoxy) is 2. The molecule has 0 spiro atoms. The lowest BCUT2D eigenvalue weighted by Gasteiger charge is -2.07. The first-order valence-corrected chi connectivity index (χ1v) is 5.76. The number of hydrogen-bond acceptors (Lipinski definition) is 3. The van der Waals surface area contributed by atoms with Crippen LogP contribution in [0.25, 0.3) is 6.08 Å². The summed E-state index contributed by atoms with van der Waals surface area (Å²) >= 11 is 0. The summed E-state index contributed by atoms with van der Waals surface area (Å²) in [5, 5.41) is 0. The van der Waals surface area contributed by atoms with Gasteiger partial charge < -0.3 is 9.47 Å². The summed E-state index contributed by atoms with van der Waals surface area (Å²) in [6.45, 7) is 6.44. The van der Waals surface area contributed by atoms with E-state index >= 15 is 0 Å². The molecule has 3 heteroatoms. The van der Waals surface area contributed by atoms with E-state index in [-0.39, 0.29) is 5.97 Å². The third-order valence-electron chi connectivity index (χ3n) is 2.19. The van der Waals surface area contributed by atoms with Gasteiger partial charge in [-0.2, -0.15) is 0 Å². The second-order valence-corrected chi connectivity index (χ2v) is 3.52. The molecule has 0 aliphatic carbocycles. The summed E-state index contributed by atoms with van der Waals surface area (Å²) in [6, 6.07) is 7.61. The average molecular weight is 234 g/mol. The van der Waals surface area contributed by atoms with Crippen LogP contribution in [0.4, 0.5) is 0 Å². The lowest BCUT2D eigenvalue weighted by molar-refractivity contribution is -0.138. The molecular weight excluding hydrogens is 216 g/mol. The lowest BCUT2D eigenvalue weighted by atomic mass is 10.1. The minimum absolute atomic E-state index is 0.293. The molecule has 0 saturated heterocycles. The Bertz CT molecular complexity index is 408. The van der Waals surface area contributed by atoms with Crippen molar-refractivity contribution in [3.63, 3.8) is 0 Å². The number of esters is 1. The molecule has 0 aliphatic rings. The molecule has 0 bridgehead atoms. The molecule has 1 aromatic carbocycles. The molecule has 0 saturated carbocycles. The van der Waals surface area contributed by atoms with E-state index in [4.69, 9.17) is 9.47 Å². The molecule has 0 radical (unpaired) electrons. The quantitative estimate of drug-likeness (QED) is 0.580. The van der Waals surface area contributed by atoms with E-state index in [0.717, 1.165) is 11.3 Å².